The molecule has 14 heteroatoms. The fraction of sp³-hybridized carbons (Fsp3) is 0.345. The Balaban J connectivity index is 1.24. The molecule has 1 spiro atoms. The fourth-order valence-corrected chi connectivity index (χ4v) is 6.14. The Labute approximate surface area is 242 Å². The van der Waals surface area contributed by atoms with Crippen molar-refractivity contribution in [2.75, 3.05) is 6.54 Å². The highest BCUT2D eigenvalue weighted by Gasteiger charge is 2.59. The maximum absolute atomic E-state index is 14.1. The summed E-state index contributed by atoms with van der Waals surface area (Å²) in [6, 6.07) is 6.53. The predicted octanol–water partition coefficient (Wildman–Crippen LogP) is 3.20. The average molecular weight is 600 g/mol. The van der Waals surface area contributed by atoms with Crippen LogP contribution in [0, 0.1) is 5.82 Å². The minimum atomic E-state index is -4.79. The molecule has 3 aliphatic rings. The number of benzene rings is 2. The van der Waals surface area contributed by atoms with Gasteiger partial charge in [-0.3, -0.25) is 19.1 Å². The van der Waals surface area contributed by atoms with E-state index < -0.39 is 67.0 Å². The predicted molar refractivity (Wildman–Crippen MR) is 140 cm³/mol. The zero-order valence-electron chi connectivity index (χ0n) is 22.6. The summed E-state index contributed by atoms with van der Waals surface area (Å²) in [6.07, 6.45) is -2.86. The summed E-state index contributed by atoms with van der Waals surface area (Å²) in [6.45, 7) is -1.49. The molecular weight excluding hydrogens is 574 g/mol. The Hall–Kier alpha value is -4.75. The number of aromatic nitrogens is 2. The topological polar surface area (TPSA) is 128 Å². The summed E-state index contributed by atoms with van der Waals surface area (Å²) >= 11 is 0. The van der Waals surface area contributed by atoms with Crippen molar-refractivity contribution in [1.82, 2.24) is 19.6 Å². The molecule has 43 heavy (non-hydrogen) atoms. The van der Waals surface area contributed by atoms with Crippen molar-refractivity contribution < 1.29 is 41.5 Å². The van der Waals surface area contributed by atoms with Crippen LogP contribution in [0.1, 0.15) is 35.1 Å². The number of primary amides is 1. The van der Waals surface area contributed by atoms with Crippen molar-refractivity contribution in [3.05, 3.63) is 76.9 Å². The van der Waals surface area contributed by atoms with Crippen LogP contribution in [0.2, 0.25) is 0 Å². The summed E-state index contributed by atoms with van der Waals surface area (Å²) in [5.74, 6) is -3.06. The van der Waals surface area contributed by atoms with Crippen molar-refractivity contribution in [1.29, 1.82) is 0 Å². The van der Waals surface area contributed by atoms with Gasteiger partial charge in [0.15, 0.2) is 0 Å². The Bertz CT molecular complexity index is 1670. The first-order valence-corrected chi connectivity index (χ1v) is 13.5. The van der Waals surface area contributed by atoms with Gasteiger partial charge in [-0.25, -0.2) is 14.1 Å². The summed E-state index contributed by atoms with van der Waals surface area (Å²) < 4.78 is 62.9. The van der Waals surface area contributed by atoms with E-state index in [0.29, 0.717) is 44.0 Å². The number of rotatable bonds is 5. The van der Waals surface area contributed by atoms with E-state index >= 15 is 0 Å². The first-order chi connectivity index (χ1) is 20.4. The number of hydrogen-bond acceptors (Lipinski definition) is 6. The molecule has 2 aromatic carbocycles. The lowest BCUT2D eigenvalue weighted by molar-refractivity contribution is -0.192. The monoisotopic (exact) mass is 599 g/mol. The number of halogens is 4. The number of amides is 4. The van der Waals surface area contributed by atoms with Crippen LogP contribution in [0.25, 0.3) is 11.1 Å². The second-order valence-electron chi connectivity index (χ2n) is 10.9. The largest absolute Gasteiger partial charge is 0.427 e. The SMILES string of the molecule is NC(=O)Cn1cc(-c2ccc3c(c2)CCC32OC(=O)N(CC(=O)N3Cc4ccc(F)cc4CC[C@H]3C(F)(F)F)C2=O)cn1. The lowest BCUT2D eigenvalue weighted by atomic mass is 9.93. The molecule has 10 nitrogen and oxygen atoms in total. The summed E-state index contributed by atoms with van der Waals surface area (Å²) in [5.41, 5.74) is 6.79. The minimum Gasteiger partial charge on any atom is -0.427 e. The van der Waals surface area contributed by atoms with Gasteiger partial charge in [0.05, 0.1) is 6.20 Å². The lowest BCUT2D eigenvalue weighted by Crippen LogP contribution is -2.52. The van der Waals surface area contributed by atoms with E-state index in [4.69, 9.17) is 10.5 Å². The molecule has 224 valence electrons. The number of carbonyl (C=O) groups is 4. The zero-order valence-corrected chi connectivity index (χ0v) is 22.6. The van der Waals surface area contributed by atoms with Gasteiger partial charge in [0.2, 0.25) is 17.4 Å². The van der Waals surface area contributed by atoms with Gasteiger partial charge in [-0.2, -0.15) is 18.3 Å². The minimum absolute atomic E-state index is 0.0931. The molecule has 0 bridgehead atoms. The third kappa shape index (κ3) is 5.00. The Morgan fingerprint density at radius 3 is 2.56 bits per heavy atom. The number of aryl methyl sites for hydroxylation is 2. The summed E-state index contributed by atoms with van der Waals surface area (Å²) in [7, 11) is 0. The number of alkyl halides is 3. The summed E-state index contributed by atoms with van der Waals surface area (Å²) in [5, 5.41) is 4.10. The van der Waals surface area contributed by atoms with Crippen LogP contribution in [-0.4, -0.2) is 62.2 Å². The van der Waals surface area contributed by atoms with Crippen LogP contribution in [0.5, 0.6) is 0 Å². The molecule has 1 fully saturated rings. The lowest BCUT2D eigenvalue weighted by Gasteiger charge is -2.32. The molecule has 0 saturated carbocycles. The molecule has 2 N–H and O–H groups in total. The van der Waals surface area contributed by atoms with Gasteiger partial charge in [-0.05, 0) is 53.6 Å². The first-order valence-electron chi connectivity index (χ1n) is 13.5. The standard InChI is InChI=1S/C29H25F4N5O5/c30-21-4-1-19-13-37(23(29(31,32)33)6-3-17(19)10-21)25(40)15-38-26(41)28(43-27(38)42)8-7-18-9-16(2-5-22(18)28)20-11-35-36(12-20)14-24(34)39/h1-2,4-5,9-12,23H,3,6-8,13-15H2,(H2,34,39)/t23-,28?/m0/s1. The number of imide groups is 1. The van der Waals surface area contributed by atoms with Crippen molar-refractivity contribution in [3.63, 3.8) is 0 Å². The van der Waals surface area contributed by atoms with Crippen molar-refractivity contribution >= 4 is 23.8 Å². The van der Waals surface area contributed by atoms with Gasteiger partial charge in [0.1, 0.15) is 24.9 Å². The van der Waals surface area contributed by atoms with Gasteiger partial charge in [-0.15, -0.1) is 0 Å². The average Bonchev–Trinajstić information content (AvgIpc) is 3.56. The van der Waals surface area contributed by atoms with Gasteiger partial charge in [0, 0.05) is 30.3 Å². The van der Waals surface area contributed by atoms with E-state index in [0.717, 1.165) is 17.7 Å². The molecule has 2 aliphatic heterocycles. The van der Waals surface area contributed by atoms with Crippen molar-refractivity contribution in [2.24, 2.45) is 5.73 Å². The molecule has 0 radical (unpaired) electrons. The van der Waals surface area contributed by atoms with E-state index in [9.17, 15) is 36.7 Å². The maximum Gasteiger partial charge on any atom is 0.418 e. The number of carbonyl (C=O) groups excluding carboxylic acids is 4. The van der Waals surface area contributed by atoms with Crippen LogP contribution in [0.15, 0.2) is 48.8 Å². The van der Waals surface area contributed by atoms with Crippen LogP contribution in [0.4, 0.5) is 22.4 Å². The van der Waals surface area contributed by atoms with Crippen molar-refractivity contribution in [3.8, 4) is 11.1 Å². The van der Waals surface area contributed by atoms with Gasteiger partial charge in [-0.1, -0.05) is 24.3 Å². The normalized spacial score (nSPS) is 21.5. The number of hydrogen-bond donors (Lipinski definition) is 1. The molecule has 1 saturated heterocycles. The molecule has 1 aliphatic carbocycles. The smallest absolute Gasteiger partial charge is 0.418 e. The molecular formula is C29H25F4N5O5. The zero-order chi connectivity index (χ0) is 30.7. The van der Waals surface area contributed by atoms with E-state index in [1.807, 2.05) is 0 Å². The van der Waals surface area contributed by atoms with Gasteiger partial charge >= 0.3 is 12.3 Å². The third-order valence-corrected chi connectivity index (χ3v) is 8.21. The Kier molecular flexibility index (Phi) is 6.74. The number of nitrogens with two attached hydrogens (primary N) is 1. The van der Waals surface area contributed by atoms with Crippen LogP contribution in [0.3, 0.4) is 0 Å². The molecule has 1 aromatic heterocycles. The van der Waals surface area contributed by atoms with Crippen LogP contribution >= 0.6 is 0 Å². The van der Waals surface area contributed by atoms with E-state index in [1.165, 1.54) is 10.7 Å². The number of fused-ring (bicyclic) bond motifs is 3. The quantitative estimate of drug-likeness (QED) is 0.449. The van der Waals surface area contributed by atoms with E-state index in [-0.39, 0.29) is 19.4 Å². The molecule has 3 heterocycles. The highest BCUT2D eigenvalue weighted by Crippen LogP contribution is 2.46. The summed E-state index contributed by atoms with van der Waals surface area (Å²) in [4.78, 5) is 52.3. The number of nitrogens with zero attached hydrogens (tertiary/aromatic N) is 4. The van der Waals surface area contributed by atoms with Gasteiger partial charge < -0.3 is 15.4 Å². The van der Waals surface area contributed by atoms with E-state index in [2.05, 4.69) is 5.10 Å². The molecule has 3 aromatic rings. The third-order valence-electron chi connectivity index (χ3n) is 8.21. The Morgan fingerprint density at radius 1 is 1.02 bits per heavy atom. The second-order valence-corrected chi connectivity index (χ2v) is 10.9. The van der Waals surface area contributed by atoms with Crippen LogP contribution < -0.4 is 5.73 Å². The highest BCUT2D eigenvalue weighted by molar-refractivity contribution is 6.06. The highest BCUT2D eigenvalue weighted by atomic mass is 19.4. The van der Waals surface area contributed by atoms with Crippen molar-refractivity contribution in [2.45, 2.75) is 56.6 Å². The maximum atomic E-state index is 14.1. The number of ether oxygens (including phenoxy) is 1. The molecule has 6 rings (SSSR count). The molecule has 2 atom stereocenters. The fourth-order valence-electron chi connectivity index (χ4n) is 6.14. The molecule has 4 amide bonds. The Morgan fingerprint density at radius 2 is 1.81 bits per heavy atom. The van der Waals surface area contributed by atoms with E-state index in [1.54, 1.807) is 30.6 Å². The second kappa shape index (κ2) is 10.2. The molecule has 1 unspecified atom stereocenters. The van der Waals surface area contributed by atoms with Gasteiger partial charge in [0.25, 0.3) is 5.91 Å². The first kappa shape index (κ1) is 28.4. The van der Waals surface area contributed by atoms with Crippen LogP contribution in [-0.2, 0) is 50.7 Å².